The highest BCUT2D eigenvalue weighted by molar-refractivity contribution is 5.97. The Morgan fingerprint density at radius 3 is 1.77 bits per heavy atom. The van der Waals surface area contributed by atoms with Crippen molar-refractivity contribution in [1.29, 1.82) is 0 Å². The van der Waals surface area contributed by atoms with Crippen molar-refractivity contribution >= 4 is 51.4 Å². The van der Waals surface area contributed by atoms with E-state index in [0.29, 0.717) is 5.56 Å². The number of carbonyl (C=O) groups is 5. The molecule has 13 heteroatoms. The number of hydrogen-bond acceptors (Lipinski definition) is 6. The maximum absolute atomic E-state index is 13.7. The molecular weight excluding hydrogens is 566 g/mol. The van der Waals surface area contributed by atoms with Crippen LogP contribution < -0.4 is 27.4 Å². The van der Waals surface area contributed by atoms with Crippen LogP contribution in [0.5, 0.6) is 0 Å². The zero-order valence-corrected chi connectivity index (χ0v) is 24.4. The van der Waals surface area contributed by atoms with Gasteiger partial charge in [0.25, 0.3) is 0 Å². The van der Waals surface area contributed by atoms with E-state index in [1.54, 1.807) is 26.2 Å². The van der Waals surface area contributed by atoms with Crippen LogP contribution in [0.4, 0.5) is 0 Å². The van der Waals surface area contributed by atoms with Crippen molar-refractivity contribution in [3.8, 4) is 0 Å². The second-order valence-electron chi connectivity index (χ2n) is 11.1. The van der Waals surface area contributed by atoms with Crippen molar-refractivity contribution in [2.45, 2.75) is 57.3 Å². The number of primary amides is 1. The standard InChI is InChI=1S/C31H37N7O6/c1-16(2)27(31(43)44)38-30(42)25(13-26(33)39)37-29(41)24(12-18-15-35-23-10-6-4-8-20(18)23)36-28(40)21(32)11-17-14-34-22-9-5-3-7-19(17)22/h3-10,14-16,21,24-25,27,34-35H,11-13,32H2,1-2H3,(H2,33,39)(H,36,40)(H,37,41)(H,38,42)(H,43,44). The van der Waals surface area contributed by atoms with E-state index in [9.17, 15) is 29.1 Å². The Kier molecular flexibility index (Phi) is 10.0. The summed E-state index contributed by atoms with van der Waals surface area (Å²) in [5.74, 6) is -4.91. The molecule has 2 aromatic carbocycles. The zero-order chi connectivity index (χ0) is 32.0. The van der Waals surface area contributed by atoms with E-state index in [0.717, 1.165) is 27.4 Å². The molecular formula is C31H37N7O6. The number of benzene rings is 2. The number of aromatic nitrogens is 2. The summed E-state index contributed by atoms with van der Waals surface area (Å²) < 4.78 is 0. The maximum atomic E-state index is 13.7. The highest BCUT2D eigenvalue weighted by Crippen LogP contribution is 2.21. The molecule has 0 saturated carbocycles. The molecule has 2 heterocycles. The minimum absolute atomic E-state index is 0.0239. The summed E-state index contributed by atoms with van der Waals surface area (Å²) in [7, 11) is 0. The van der Waals surface area contributed by atoms with Crippen LogP contribution in [0.1, 0.15) is 31.4 Å². The van der Waals surface area contributed by atoms with Crippen LogP contribution in [0, 0.1) is 5.92 Å². The number of hydrogen-bond donors (Lipinski definition) is 8. The first-order chi connectivity index (χ1) is 20.9. The number of H-pyrrole nitrogens is 2. The Hall–Kier alpha value is -5.17. The molecule has 0 fully saturated rings. The van der Waals surface area contributed by atoms with Gasteiger partial charge >= 0.3 is 5.97 Å². The minimum Gasteiger partial charge on any atom is -0.480 e. The molecule has 4 rings (SSSR count). The van der Waals surface area contributed by atoms with Gasteiger partial charge in [0.05, 0.1) is 12.5 Å². The number of para-hydroxylation sites is 2. The monoisotopic (exact) mass is 603 g/mol. The Balaban J connectivity index is 1.56. The van der Waals surface area contributed by atoms with Crippen molar-refractivity contribution in [1.82, 2.24) is 25.9 Å². The SMILES string of the molecule is CC(C)C(NC(=O)C(CC(N)=O)NC(=O)C(Cc1c[nH]c2ccccc12)NC(=O)C(N)Cc1c[nH]c2ccccc12)C(=O)O. The molecule has 0 aliphatic carbocycles. The number of rotatable bonds is 14. The van der Waals surface area contributed by atoms with Gasteiger partial charge < -0.3 is 42.5 Å². The van der Waals surface area contributed by atoms with Crippen LogP contribution in [0.3, 0.4) is 0 Å². The molecule has 10 N–H and O–H groups in total. The molecule has 4 amide bonds. The lowest BCUT2D eigenvalue weighted by Gasteiger charge is -2.25. The summed E-state index contributed by atoms with van der Waals surface area (Å²) in [6.45, 7) is 3.21. The van der Waals surface area contributed by atoms with Crippen LogP contribution in [-0.2, 0) is 36.8 Å². The zero-order valence-electron chi connectivity index (χ0n) is 24.4. The van der Waals surface area contributed by atoms with E-state index >= 15 is 0 Å². The summed E-state index contributed by atoms with van der Waals surface area (Å²) in [6, 6.07) is 10.0. The van der Waals surface area contributed by atoms with Crippen molar-refractivity contribution in [3.05, 3.63) is 72.1 Å². The normalized spacial score (nSPS) is 14.1. The van der Waals surface area contributed by atoms with Gasteiger partial charge in [0.1, 0.15) is 18.1 Å². The molecule has 0 aliphatic heterocycles. The molecule has 44 heavy (non-hydrogen) atoms. The van der Waals surface area contributed by atoms with Crippen LogP contribution in [0.15, 0.2) is 60.9 Å². The Morgan fingerprint density at radius 1 is 0.750 bits per heavy atom. The molecule has 4 unspecified atom stereocenters. The lowest BCUT2D eigenvalue weighted by molar-refractivity contribution is -0.143. The number of aliphatic carboxylic acids is 1. The molecule has 0 radical (unpaired) electrons. The lowest BCUT2D eigenvalue weighted by Crippen LogP contribution is -2.58. The third kappa shape index (κ3) is 7.61. The first-order valence-corrected chi connectivity index (χ1v) is 14.2. The molecule has 232 valence electrons. The quantitative estimate of drug-likeness (QED) is 0.103. The van der Waals surface area contributed by atoms with E-state index in [1.165, 1.54) is 0 Å². The van der Waals surface area contributed by atoms with Gasteiger partial charge in [-0.25, -0.2) is 4.79 Å². The molecule has 2 aromatic heterocycles. The largest absolute Gasteiger partial charge is 0.480 e. The fraction of sp³-hybridized carbons (Fsp3) is 0.323. The molecule has 0 bridgehead atoms. The Labute approximate surface area is 253 Å². The van der Waals surface area contributed by atoms with E-state index in [2.05, 4.69) is 25.9 Å². The maximum Gasteiger partial charge on any atom is 0.326 e. The van der Waals surface area contributed by atoms with Crippen LogP contribution in [-0.4, -0.2) is 68.8 Å². The molecule has 0 spiro atoms. The lowest BCUT2D eigenvalue weighted by atomic mass is 10.0. The highest BCUT2D eigenvalue weighted by Gasteiger charge is 2.32. The number of aromatic amines is 2. The summed E-state index contributed by atoms with van der Waals surface area (Å²) in [5.41, 5.74) is 14.9. The smallest absolute Gasteiger partial charge is 0.326 e. The van der Waals surface area contributed by atoms with Crippen molar-refractivity contribution in [2.24, 2.45) is 17.4 Å². The molecule has 4 aromatic rings. The highest BCUT2D eigenvalue weighted by atomic mass is 16.4. The number of carbonyl (C=O) groups excluding carboxylic acids is 4. The van der Waals surface area contributed by atoms with Gasteiger partial charge in [-0.1, -0.05) is 50.2 Å². The topological polar surface area (TPSA) is 225 Å². The minimum atomic E-state index is -1.48. The van der Waals surface area contributed by atoms with Gasteiger partial charge in [0.15, 0.2) is 0 Å². The number of carboxylic acid groups (broad SMARTS) is 1. The molecule has 0 saturated heterocycles. The van der Waals surface area contributed by atoms with Crippen molar-refractivity contribution < 1.29 is 29.1 Å². The fourth-order valence-corrected chi connectivity index (χ4v) is 5.09. The van der Waals surface area contributed by atoms with E-state index < -0.39 is 66.1 Å². The number of nitrogens with two attached hydrogens (primary N) is 2. The summed E-state index contributed by atoms with van der Waals surface area (Å²) in [4.78, 5) is 69.8. The van der Waals surface area contributed by atoms with Gasteiger partial charge in [-0.05, 0) is 35.6 Å². The van der Waals surface area contributed by atoms with E-state index in [-0.39, 0.29) is 12.8 Å². The number of fused-ring (bicyclic) bond motifs is 2. The van der Waals surface area contributed by atoms with Gasteiger partial charge in [-0.2, -0.15) is 0 Å². The second kappa shape index (κ2) is 13.9. The molecule has 13 nitrogen and oxygen atoms in total. The van der Waals surface area contributed by atoms with Gasteiger partial charge in [-0.3, -0.25) is 19.2 Å². The first-order valence-electron chi connectivity index (χ1n) is 14.2. The summed E-state index contributed by atoms with van der Waals surface area (Å²) in [6.07, 6.45) is 3.13. The predicted molar refractivity (Wildman–Crippen MR) is 164 cm³/mol. The van der Waals surface area contributed by atoms with Gasteiger partial charge in [0.2, 0.25) is 23.6 Å². The van der Waals surface area contributed by atoms with E-state index in [4.69, 9.17) is 11.5 Å². The fourth-order valence-electron chi connectivity index (χ4n) is 5.09. The average molecular weight is 604 g/mol. The summed E-state index contributed by atoms with van der Waals surface area (Å²) in [5, 5.41) is 18.8. The van der Waals surface area contributed by atoms with Gasteiger partial charge in [0, 0.05) is 40.6 Å². The van der Waals surface area contributed by atoms with Crippen LogP contribution in [0.2, 0.25) is 0 Å². The number of carboxylic acids is 1. The van der Waals surface area contributed by atoms with Crippen molar-refractivity contribution in [2.75, 3.05) is 0 Å². The third-order valence-corrected chi connectivity index (χ3v) is 7.45. The average Bonchev–Trinajstić information content (AvgIpc) is 3.58. The predicted octanol–water partition coefficient (Wildman–Crippen LogP) is 0.832. The Morgan fingerprint density at radius 2 is 1.25 bits per heavy atom. The molecule has 4 atom stereocenters. The van der Waals surface area contributed by atoms with Gasteiger partial charge in [-0.15, -0.1) is 0 Å². The number of amides is 4. The Bertz CT molecular complexity index is 1680. The summed E-state index contributed by atoms with van der Waals surface area (Å²) >= 11 is 0. The molecule has 0 aliphatic rings. The first kappa shape index (κ1) is 31.8. The van der Waals surface area contributed by atoms with Crippen molar-refractivity contribution in [3.63, 3.8) is 0 Å². The van der Waals surface area contributed by atoms with Crippen LogP contribution in [0.25, 0.3) is 21.8 Å². The second-order valence-corrected chi connectivity index (χ2v) is 11.1. The third-order valence-electron chi connectivity index (χ3n) is 7.45. The number of nitrogens with one attached hydrogen (secondary N) is 5. The van der Waals surface area contributed by atoms with Crippen LogP contribution >= 0.6 is 0 Å². The van der Waals surface area contributed by atoms with E-state index in [1.807, 2.05) is 48.5 Å².